The smallest absolute Gasteiger partial charge is 0.237 e. The van der Waals surface area contributed by atoms with Crippen molar-refractivity contribution in [2.24, 2.45) is 7.05 Å². The number of ether oxygens (including phenoxy) is 1. The van der Waals surface area contributed by atoms with E-state index in [1.54, 1.807) is 48.1 Å². The van der Waals surface area contributed by atoms with Gasteiger partial charge >= 0.3 is 0 Å². The van der Waals surface area contributed by atoms with E-state index in [4.69, 9.17) is 20.8 Å². The van der Waals surface area contributed by atoms with Gasteiger partial charge in [0.25, 0.3) is 0 Å². The number of amides is 1. The van der Waals surface area contributed by atoms with Gasteiger partial charge in [0.05, 0.1) is 24.3 Å². The van der Waals surface area contributed by atoms with Gasteiger partial charge in [0.15, 0.2) is 16.7 Å². The van der Waals surface area contributed by atoms with Crippen molar-refractivity contribution in [3.8, 4) is 17.3 Å². The third-order valence-corrected chi connectivity index (χ3v) is 5.02. The lowest BCUT2D eigenvalue weighted by Gasteiger charge is -2.14. The molecule has 0 aliphatic rings. The van der Waals surface area contributed by atoms with Crippen LogP contribution in [0.1, 0.15) is 6.92 Å². The van der Waals surface area contributed by atoms with E-state index in [0.29, 0.717) is 33.2 Å². The number of nitrogens with zero attached hydrogens (tertiary/aromatic N) is 3. The normalized spacial score (nSPS) is 12.0. The van der Waals surface area contributed by atoms with Crippen LogP contribution in [0.25, 0.3) is 11.6 Å². The Hall–Kier alpha value is -2.45. The number of furan rings is 1. The zero-order valence-corrected chi connectivity index (χ0v) is 16.0. The summed E-state index contributed by atoms with van der Waals surface area (Å²) in [4.78, 5) is 12.5. The minimum atomic E-state index is -0.411. The maximum Gasteiger partial charge on any atom is 0.237 e. The molecule has 0 fully saturated rings. The van der Waals surface area contributed by atoms with Crippen LogP contribution >= 0.6 is 23.4 Å². The molecule has 0 saturated carbocycles. The molecule has 0 bridgehead atoms. The summed E-state index contributed by atoms with van der Waals surface area (Å²) in [5, 5.41) is 11.8. The van der Waals surface area contributed by atoms with E-state index in [1.165, 1.54) is 18.9 Å². The topological polar surface area (TPSA) is 82.2 Å². The van der Waals surface area contributed by atoms with E-state index in [-0.39, 0.29) is 5.91 Å². The van der Waals surface area contributed by atoms with E-state index in [0.717, 1.165) is 0 Å². The van der Waals surface area contributed by atoms with Crippen LogP contribution in [0.5, 0.6) is 5.75 Å². The SMILES string of the molecule is COc1ccc(Cl)cc1NC(=O)[C@H](C)Sc1nnc(-c2ccco2)n1C. The number of carbonyl (C=O) groups excluding carboxylic acids is 1. The van der Waals surface area contributed by atoms with Crippen molar-refractivity contribution in [1.82, 2.24) is 14.8 Å². The molecule has 3 aromatic rings. The summed E-state index contributed by atoms with van der Waals surface area (Å²) in [6.45, 7) is 1.79. The summed E-state index contributed by atoms with van der Waals surface area (Å²) in [7, 11) is 3.36. The number of halogens is 1. The molecule has 9 heteroatoms. The second kappa shape index (κ2) is 7.84. The number of nitrogens with one attached hydrogen (secondary N) is 1. The van der Waals surface area contributed by atoms with Gasteiger partial charge in [-0.25, -0.2) is 0 Å². The van der Waals surface area contributed by atoms with Crippen LogP contribution in [0.15, 0.2) is 46.2 Å². The Morgan fingerprint density at radius 2 is 2.19 bits per heavy atom. The fraction of sp³-hybridized carbons (Fsp3) is 0.235. The van der Waals surface area contributed by atoms with Crippen molar-refractivity contribution in [2.75, 3.05) is 12.4 Å². The van der Waals surface area contributed by atoms with Gasteiger partial charge in [-0.05, 0) is 37.3 Å². The molecular formula is C17H17ClN4O3S. The lowest BCUT2D eigenvalue weighted by molar-refractivity contribution is -0.115. The van der Waals surface area contributed by atoms with Crippen LogP contribution in [0, 0.1) is 0 Å². The number of aromatic nitrogens is 3. The Bertz CT molecular complexity index is 911. The average molecular weight is 393 g/mol. The zero-order chi connectivity index (χ0) is 18.7. The van der Waals surface area contributed by atoms with Crippen molar-refractivity contribution in [2.45, 2.75) is 17.3 Å². The van der Waals surface area contributed by atoms with Crippen molar-refractivity contribution >= 4 is 35.0 Å². The Labute approximate surface area is 159 Å². The van der Waals surface area contributed by atoms with Crippen LogP contribution < -0.4 is 10.1 Å². The van der Waals surface area contributed by atoms with Gasteiger partial charge in [-0.1, -0.05) is 23.4 Å². The third-order valence-electron chi connectivity index (χ3n) is 3.65. The van der Waals surface area contributed by atoms with Crippen molar-refractivity contribution in [1.29, 1.82) is 0 Å². The molecule has 1 atom stereocenters. The highest BCUT2D eigenvalue weighted by Crippen LogP contribution is 2.30. The minimum Gasteiger partial charge on any atom is -0.495 e. The number of carbonyl (C=O) groups is 1. The number of anilines is 1. The van der Waals surface area contributed by atoms with Gasteiger partial charge in [-0.15, -0.1) is 10.2 Å². The number of rotatable bonds is 6. The Morgan fingerprint density at radius 1 is 1.38 bits per heavy atom. The summed E-state index contributed by atoms with van der Waals surface area (Å²) < 4.78 is 12.4. The molecule has 1 aromatic carbocycles. The fourth-order valence-electron chi connectivity index (χ4n) is 2.26. The monoisotopic (exact) mass is 392 g/mol. The number of benzene rings is 1. The van der Waals surface area contributed by atoms with Crippen LogP contribution in [0.4, 0.5) is 5.69 Å². The standard InChI is InChI=1S/C17H17ClN4O3S/c1-10(16(23)19-12-9-11(18)6-7-13(12)24-3)26-17-21-20-15(22(17)2)14-5-4-8-25-14/h4-10H,1-3H3,(H,19,23)/t10-/m0/s1. The Kier molecular flexibility index (Phi) is 5.53. The minimum absolute atomic E-state index is 0.196. The summed E-state index contributed by atoms with van der Waals surface area (Å²) in [5.41, 5.74) is 0.520. The van der Waals surface area contributed by atoms with Crippen molar-refractivity contribution < 1.29 is 13.9 Å². The highest BCUT2D eigenvalue weighted by molar-refractivity contribution is 8.00. The molecule has 26 heavy (non-hydrogen) atoms. The van der Waals surface area contributed by atoms with Gasteiger partial charge in [0.2, 0.25) is 5.91 Å². The fourth-order valence-corrected chi connectivity index (χ4v) is 3.25. The maximum absolute atomic E-state index is 12.5. The number of thioether (sulfide) groups is 1. The highest BCUT2D eigenvalue weighted by Gasteiger charge is 2.21. The molecule has 7 nitrogen and oxygen atoms in total. The molecule has 0 saturated heterocycles. The molecule has 0 unspecified atom stereocenters. The molecule has 1 N–H and O–H groups in total. The molecule has 3 rings (SSSR count). The number of methoxy groups -OCH3 is 1. The predicted molar refractivity (Wildman–Crippen MR) is 101 cm³/mol. The zero-order valence-electron chi connectivity index (χ0n) is 14.4. The first-order valence-corrected chi connectivity index (χ1v) is 8.99. The van der Waals surface area contributed by atoms with E-state index in [1.807, 2.05) is 7.05 Å². The molecule has 0 aliphatic heterocycles. The van der Waals surface area contributed by atoms with E-state index in [2.05, 4.69) is 15.5 Å². The van der Waals surface area contributed by atoms with Gasteiger partial charge in [-0.3, -0.25) is 4.79 Å². The first kappa shape index (κ1) is 18.3. The lowest BCUT2D eigenvalue weighted by atomic mass is 10.3. The molecule has 0 radical (unpaired) electrons. The Morgan fingerprint density at radius 3 is 2.88 bits per heavy atom. The van der Waals surface area contributed by atoms with Crippen LogP contribution in [-0.2, 0) is 11.8 Å². The van der Waals surface area contributed by atoms with Crippen molar-refractivity contribution in [3.63, 3.8) is 0 Å². The molecule has 1 amide bonds. The van der Waals surface area contributed by atoms with Crippen LogP contribution in [0.3, 0.4) is 0 Å². The molecule has 0 spiro atoms. The van der Waals surface area contributed by atoms with E-state index >= 15 is 0 Å². The first-order valence-electron chi connectivity index (χ1n) is 7.74. The second-order valence-electron chi connectivity index (χ2n) is 5.44. The average Bonchev–Trinajstić information content (AvgIpc) is 3.25. The maximum atomic E-state index is 12.5. The summed E-state index contributed by atoms with van der Waals surface area (Å²) >= 11 is 7.29. The number of hydrogen-bond donors (Lipinski definition) is 1. The molecule has 136 valence electrons. The van der Waals surface area contributed by atoms with Gasteiger partial charge < -0.3 is 19.0 Å². The molecular weight excluding hydrogens is 376 g/mol. The van der Waals surface area contributed by atoms with Crippen LogP contribution in [0.2, 0.25) is 5.02 Å². The molecule has 2 aromatic heterocycles. The third kappa shape index (κ3) is 3.86. The first-order chi connectivity index (χ1) is 12.5. The number of hydrogen-bond acceptors (Lipinski definition) is 6. The lowest BCUT2D eigenvalue weighted by Crippen LogP contribution is -2.23. The largest absolute Gasteiger partial charge is 0.495 e. The second-order valence-corrected chi connectivity index (χ2v) is 7.18. The molecule has 2 heterocycles. The van der Waals surface area contributed by atoms with E-state index in [9.17, 15) is 4.79 Å². The molecule has 0 aliphatic carbocycles. The van der Waals surface area contributed by atoms with Crippen molar-refractivity contribution in [3.05, 3.63) is 41.6 Å². The van der Waals surface area contributed by atoms with Gasteiger partial charge in [0.1, 0.15) is 5.75 Å². The summed E-state index contributed by atoms with van der Waals surface area (Å²) in [6.07, 6.45) is 1.57. The Balaban J connectivity index is 1.71. The summed E-state index contributed by atoms with van der Waals surface area (Å²) in [5.74, 6) is 1.56. The van der Waals surface area contributed by atoms with Gasteiger partial charge in [-0.2, -0.15) is 0 Å². The van der Waals surface area contributed by atoms with Gasteiger partial charge in [0, 0.05) is 12.1 Å². The summed E-state index contributed by atoms with van der Waals surface area (Å²) in [6, 6.07) is 8.64. The van der Waals surface area contributed by atoms with E-state index < -0.39 is 5.25 Å². The highest BCUT2D eigenvalue weighted by atomic mass is 35.5. The van der Waals surface area contributed by atoms with Crippen LogP contribution in [-0.4, -0.2) is 33.0 Å². The predicted octanol–water partition coefficient (Wildman–Crippen LogP) is 3.86. The quantitative estimate of drug-likeness (QED) is 0.641.